The van der Waals surface area contributed by atoms with Crippen LogP contribution in [0.5, 0.6) is 0 Å². The van der Waals surface area contributed by atoms with Gasteiger partial charge < -0.3 is 5.32 Å². The number of carbonyl (C=O) groups is 1. The molecule has 2 aromatic heterocycles. The lowest BCUT2D eigenvalue weighted by atomic mass is 10.0. The molecule has 6 aromatic rings. The van der Waals surface area contributed by atoms with Crippen LogP contribution in [0.25, 0.3) is 43.0 Å². The van der Waals surface area contributed by atoms with E-state index in [4.69, 9.17) is 4.98 Å². The van der Waals surface area contributed by atoms with E-state index in [1.165, 1.54) is 11.1 Å². The van der Waals surface area contributed by atoms with Crippen molar-refractivity contribution in [1.29, 1.82) is 0 Å². The molecule has 6 rings (SSSR count). The minimum absolute atomic E-state index is 0.257. The van der Waals surface area contributed by atoms with E-state index in [9.17, 15) is 4.79 Å². The molecule has 5 nitrogen and oxygen atoms in total. The molecule has 1 amide bonds. The minimum atomic E-state index is -0.257. The number of carbonyl (C=O) groups excluding carboxylic acids is 1. The van der Waals surface area contributed by atoms with Crippen molar-refractivity contribution in [2.24, 2.45) is 0 Å². The van der Waals surface area contributed by atoms with E-state index in [1.807, 2.05) is 67.6 Å². The number of aromatic nitrogens is 3. The smallest absolute Gasteiger partial charge is 0.276 e. The molecule has 0 unspecified atom stereocenters. The number of nitrogens with one attached hydrogen (secondary N) is 2. The number of benzene rings is 4. The van der Waals surface area contributed by atoms with Gasteiger partial charge in [-0.05, 0) is 35.6 Å². The number of thiazole rings is 1. The molecule has 0 saturated carbocycles. The van der Waals surface area contributed by atoms with Gasteiger partial charge in [-0.3, -0.25) is 9.89 Å². The number of rotatable bonds is 5. The van der Waals surface area contributed by atoms with Crippen LogP contribution < -0.4 is 5.32 Å². The van der Waals surface area contributed by atoms with Crippen molar-refractivity contribution >= 4 is 33.7 Å². The van der Waals surface area contributed by atoms with Crippen LogP contribution in [0.1, 0.15) is 16.2 Å². The standard InChI is InChI=1S/C30H22N4OS/c1-19-28(36-30(31-19)23-16-14-21(15-17-23)20-8-3-2-4-9-20)26-18-27(34-33-26)29(35)32-25-13-7-11-22-10-5-6-12-24(22)25/h2-18H,1H3,(H,32,35)(H,33,34). The second-order valence-electron chi connectivity index (χ2n) is 8.52. The molecule has 0 bridgehead atoms. The fourth-order valence-electron chi connectivity index (χ4n) is 4.28. The molecule has 36 heavy (non-hydrogen) atoms. The van der Waals surface area contributed by atoms with Crippen LogP contribution in [0.2, 0.25) is 0 Å². The summed E-state index contributed by atoms with van der Waals surface area (Å²) in [7, 11) is 0. The van der Waals surface area contributed by atoms with Gasteiger partial charge in [0.15, 0.2) is 5.69 Å². The lowest BCUT2D eigenvalue weighted by Gasteiger charge is -2.07. The van der Waals surface area contributed by atoms with Crippen molar-refractivity contribution in [3.8, 4) is 32.3 Å². The lowest BCUT2D eigenvalue weighted by Crippen LogP contribution is -2.12. The van der Waals surface area contributed by atoms with Crippen molar-refractivity contribution in [1.82, 2.24) is 15.2 Å². The van der Waals surface area contributed by atoms with E-state index in [2.05, 4.69) is 51.9 Å². The van der Waals surface area contributed by atoms with E-state index < -0.39 is 0 Å². The number of H-pyrrole nitrogens is 1. The topological polar surface area (TPSA) is 70.7 Å². The third-order valence-corrected chi connectivity index (χ3v) is 7.37. The molecule has 0 fully saturated rings. The Balaban J connectivity index is 1.23. The van der Waals surface area contributed by atoms with Gasteiger partial charge in [0.05, 0.1) is 16.3 Å². The van der Waals surface area contributed by atoms with Gasteiger partial charge in [0.1, 0.15) is 5.01 Å². The number of amides is 1. The number of anilines is 1. The van der Waals surface area contributed by atoms with Gasteiger partial charge in [-0.25, -0.2) is 4.98 Å². The summed E-state index contributed by atoms with van der Waals surface area (Å²) in [4.78, 5) is 18.7. The maximum absolute atomic E-state index is 13.0. The zero-order valence-electron chi connectivity index (χ0n) is 19.5. The van der Waals surface area contributed by atoms with Crippen molar-refractivity contribution in [3.63, 3.8) is 0 Å². The Labute approximate surface area is 212 Å². The Hall–Kier alpha value is -4.55. The summed E-state index contributed by atoms with van der Waals surface area (Å²) in [5.41, 5.74) is 6.18. The van der Waals surface area contributed by atoms with Gasteiger partial charge >= 0.3 is 0 Å². The monoisotopic (exact) mass is 486 g/mol. The van der Waals surface area contributed by atoms with Crippen LogP contribution in [0.4, 0.5) is 5.69 Å². The van der Waals surface area contributed by atoms with Gasteiger partial charge in [-0.2, -0.15) is 5.10 Å². The van der Waals surface area contributed by atoms with Gasteiger partial charge in [-0.1, -0.05) is 91.0 Å². The first-order chi connectivity index (χ1) is 17.7. The summed E-state index contributed by atoms with van der Waals surface area (Å²) in [6.07, 6.45) is 0. The van der Waals surface area contributed by atoms with E-state index in [1.54, 1.807) is 17.4 Å². The normalized spacial score (nSPS) is 11.0. The van der Waals surface area contributed by atoms with Gasteiger partial charge in [0, 0.05) is 16.6 Å². The molecule has 0 aliphatic carbocycles. The van der Waals surface area contributed by atoms with E-state index in [0.717, 1.165) is 43.3 Å². The number of aryl methyl sites for hydroxylation is 1. The Morgan fingerprint density at radius 2 is 1.50 bits per heavy atom. The van der Waals surface area contributed by atoms with Crippen LogP contribution in [0.3, 0.4) is 0 Å². The molecule has 0 saturated heterocycles. The zero-order chi connectivity index (χ0) is 24.5. The highest BCUT2D eigenvalue weighted by molar-refractivity contribution is 7.18. The van der Waals surface area contributed by atoms with Crippen molar-refractivity contribution in [2.45, 2.75) is 6.92 Å². The molecule has 6 heteroatoms. The minimum Gasteiger partial charge on any atom is -0.320 e. The molecular weight excluding hydrogens is 464 g/mol. The molecule has 0 aliphatic heterocycles. The summed E-state index contributed by atoms with van der Waals surface area (Å²) >= 11 is 1.58. The van der Waals surface area contributed by atoms with Gasteiger partial charge in [-0.15, -0.1) is 11.3 Å². The first-order valence-corrected chi connectivity index (χ1v) is 12.5. The summed E-state index contributed by atoms with van der Waals surface area (Å²) in [5.74, 6) is -0.257. The van der Waals surface area contributed by atoms with Crippen LogP contribution in [-0.4, -0.2) is 21.1 Å². The highest BCUT2D eigenvalue weighted by atomic mass is 32.1. The van der Waals surface area contributed by atoms with Crippen LogP contribution in [0.15, 0.2) is 103 Å². The second-order valence-corrected chi connectivity index (χ2v) is 9.52. The molecule has 0 aliphatic rings. The van der Waals surface area contributed by atoms with Gasteiger partial charge in [0.25, 0.3) is 5.91 Å². The summed E-state index contributed by atoms with van der Waals surface area (Å²) in [6.45, 7) is 1.98. The van der Waals surface area contributed by atoms with Gasteiger partial charge in [0.2, 0.25) is 0 Å². The highest BCUT2D eigenvalue weighted by Crippen LogP contribution is 2.35. The number of aromatic amines is 1. The third-order valence-electron chi connectivity index (χ3n) is 6.13. The molecular formula is C30H22N4OS. The Bertz CT molecular complexity index is 1680. The predicted molar refractivity (Wildman–Crippen MR) is 147 cm³/mol. The molecule has 174 valence electrons. The Morgan fingerprint density at radius 3 is 2.33 bits per heavy atom. The number of nitrogens with zero attached hydrogens (tertiary/aromatic N) is 2. The van der Waals surface area contributed by atoms with E-state index >= 15 is 0 Å². The predicted octanol–water partition coefficient (Wildman–Crippen LogP) is 7.58. The average Bonchev–Trinajstić information content (AvgIpc) is 3.57. The van der Waals surface area contributed by atoms with E-state index in [0.29, 0.717) is 5.69 Å². The second kappa shape index (κ2) is 9.24. The summed E-state index contributed by atoms with van der Waals surface area (Å²) < 4.78 is 0. The third kappa shape index (κ3) is 4.19. The number of hydrogen-bond acceptors (Lipinski definition) is 4. The quantitative estimate of drug-likeness (QED) is 0.264. The molecule has 0 radical (unpaired) electrons. The first kappa shape index (κ1) is 21.9. The van der Waals surface area contributed by atoms with Crippen LogP contribution in [0, 0.1) is 6.92 Å². The molecule has 0 atom stereocenters. The number of hydrogen-bond donors (Lipinski definition) is 2. The maximum Gasteiger partial charge on any atom is 0.276 e. The fraction of sp³-hybridized carbons (Fsp3) is 0.0333. The maximum atomic E-state index is 13.0. The lowest BCUT2D eigenvalue weighted by molar-refractivity contribution is 0.102. The largest absolute Gasteiger partial charge is 0.320 e. The SMILES string of the molecule is Cc1nc(-c2ccc(-c3ccccc3)cc2)sc1-c1cc(C(=O)Nc2cccc3ccccc23)n[nH]1. The zero-order valence-corrected chi connectivity index (χ0v) is 20.3. The molecule has 0 spiro atoms. The summed E-state index contributed by atoms with van der Waals surface area (Å²) in [5, 5.41) is 13.3. The van der Waals surface area contributed by atoms with E-state index in [-0.39, 0.29) is 5.91 Å². The van der Waals surface area contributed by atoms with Crippen LogP contribution >= 0.6 is 11.3 Å². The highest BCUT2D eigenvalue weighted by Gasteiger charge is 2.17. The molecule has 2 heterocycles. The Morgan fingerprint density at radius 1 is 0.806 bits per heavy atom. The average molecular weight is 487 g/mol. The first-order valence-electron chi connectivity index (χ1n) is 11.6. The van der Waals surface area contributed by atoms with Crippen molar-refractivity contribution < 1.29 is 4.79 Å². The molecule has 4 aromatic carbocycles. The number of fused-ring (bicyclic) bond motifs is 1. The molecule has 2 N–H and O–H groups in total. The Kier molecular flexibility index (Phi) is 5.64. The summed E-state index contributed by atoms with van der Waals surface area (Å²) in [6, 6.07) is 34.3. The van der Waals surface area contributed by atoms with Crippen molar-refractivity contribution in [2.75, 3.05) is 5.32 Å². The fourth-order valence-corrected chi connectivity index (χ4v) is 5.32. The van der Waals surface area contributed by atoms with Crippen molar-refractivity contribution in [3.05, 3.63) is 115 Å². The van der Waals surface area contributed by atoms with Crippen LogP contribution in [-0.2, 0) is 0 Å².